The highest BCUT2D eigenvalue weighted by atomic mass is 16.5. The molecule has 120 valence electrons. The number of carbonyl (C=O) groups excluding carboxylic acids is 1. The smallest absolute Gasteiger partial charge is 0.225 e. The van der Waals surface area contributed by atoms with E-state index >= 15 is 0 Å². The lowest BCUT2D eigenvalue weighted by Gasteiger charge is -2.37. The Hall–Kier alpha value is -1.55. The van der Waals surface area contributed by atoms with Crippen molar-refractivity contribution in [2.45, 2.75) is 38.2 Å². The van der Waals surface area contributed by atoms with Gasteiger partial charge in [-0.25, -0.2) is 0 Å². The van der Waals surface area contributed by atoms with Crippen LogP contribution in [0, 0.1) is 5.92 Å². The summed E-state index contributed by atoms with van der Waals surface area (Å²) in [7, 11) is 0. The molecule has 1 aliphatic carbocycles. The second-order valence-corrected chi connectivity index (χ2v) is 6.21. The summed E-state index contributed by atoms with van der Waals surface area (Å²) in [6.07, 6.45) is 5.61. The Balaban J connectivity index is 1.36. The molecule has 3 rings (SSSR count). The molecule has 0 N–H and O–H groups in total. The molecule has 1 saturated carbocycles. The zero-order valence-electron chi connectivity index (χ0n) is 13.1. The lowest BCUT2D eigenvalue weighted by atomic mass is 9.84. The van der Waals surface area contributed by atoms with E-state index in [1.165, 1.54) is 6.42 Å². The normalized spacial score (nSPS) is 22.2. The van der Waals surface area contributed by atoms with Crippen LogP contribution in [0.15, 0.2) is 30.3 Å². The molecule has 1 aliphatic heterocycles. The predicted molar refractivity (Wildman–Crippen MR) is 84.8 cm³/mol. The highest BCUT2D eigenvalue weighted by Crippen LogP contribution is 2.29. The third-order valence-electron chi connectivity index (χ3n) is 4.59. The summed E-state index contributed by atoms with van der Waals surface area (Å²) in [6, 6.07) is 9.78. The van der Waals surface area contributed by atoms with E-state index in [1.807, 2.05) is 35.2 Å². The number of carbonyl (C=O) groups is 1. The maximum absolute atomic E-state index is 12.3. The standard InChI is InChI=1S/C18H25NO3/c20-18(15-6-4-7-15)19-11-5-10-17(14-19)22-13-12-21-16-8-2-1-3-9-16/h1-3,8-9,15,17H,4-7,10-14H2. The van der Waals surface area contributed by atoms with Crippen LogP contribution in [-0.2, 0) is 9.53 Å². The molecule has 1 saturated heterocycles. The number of likely N-dealkylation sites (tertiary alicyclic amines) is 1. The van der Waals surface area contributed by atoms with Crippen molar-refractivity contribution < 1.29 is 14.3 Å². The van der Waals surface area contributed by atoms with Crippen molar-refractivity contribution in [2.75, 3.05) is 26.3 Å². The summed E-state index contributed by atoms with van der Waals surface area (Å²) < 4.78 is 11.5. The quantitative estimate of drug-likeness (QED) is 0.759. The molecule has 4 nitrogen and oxygen atoms in total. The van der Waals surface area contributed by atoms with Gasteiger partial charge in [-0.15, -0.1) is 0 Å². The first-order chi connectivity index (χ1) is 10.8. The van der Waals surface area contributed by atoms with Crippen LogP contribution < -0.4 is 4.74 Å². The van der Waals surface area contributed by atoms with Crippen molar-refractivity contribution in [1.82, 2.24) is 4.90 Å². The topological polar surface area (TPSA) is 38.8 Å². The van der Waals surface area contributed by atoms with Gasteiger partial charge in [-0.2, -0.15) is 0 Å². The van der Waals surface area contributed by atoms with Crippen molar-refractivity contribution >= 4 is 5.91 Å². The van der Waals surface area contributed by atoms with Crippen LogP contribution in [0.2, 0.25) is 0 Å². The van der Waals surface area contributed by atoms with Crippen LogP contribution >= 0.6 is 0 Å². The summed E-state index contributed by atoms with van der Waals surface area (Å²) in [5, 5.41) is 0. The van der Waals surface area contributed by atoms with E-state index < -0.39 is 0 Å². The molecule has 0 radical (unpaired) electrons. The van der Waals surface area contributed by atoms with E-state index in [9.17, 15) is 4.79 Å². The summed E-state index contributed by atoms with van der Waals surface area (Å²) >= 11 is 0. The first kappa shape index (κ1) is 15.3. The third kappa shape index (κ3) is 4.01. The molecule has 4 heteroatoms. The van der Waals surface area contributed by atoms with Crippen LogP contribution in [-0.4, -0.2) is 43.2 Å². The van der Waals surface area contributed by atoms with E-state index in [4.69, 9.17) is 9.47 Å². The van der Waals surface area contributed by atoms with Gasteiger partial charge < -0.3 is 14.4 Å². The zero-order valence-corrected chi connectivity index (χ0v) is 13.1. The number of hydrogen-bond donors (Lipinski definition) is 0. The number of benzene rings is 1. The van der Waals surface area contributed by atoms with Gasteiger partial charge in [-0.05, 0) is 37.8 Å². The molecule has 1 aromatic rings. The number of ether oxygens (including phenoxy) is 2. The fourth-order valence-corrected chi connectivity index (χ4v) is 3.08. The first-order valence-corrected chi connectivity index (χ1v) is 8.41. The minimum absolute atomic E-state index is 0.164. The average Bonchev–Trinajstić information content (AvgIpc) is 2.51. The zero-order chi connectivity index (χ0) is 15.2. The lowest BCUT2D eigenvalue weighted by Crippen LogP contribution is -2.47. The second kappa shape index (κ2) is 7.63. The van der Waals surface area contributed by atoms with Crippen molar-refractivity contribution in [2.24, 2.45) is 5.92 Å². The van der Waals surface area contributed by atoms with Crippen LogP contribution in [0.5, 0.6) is 5.75 Å². The SMILES string of the molecule is O=C(C1CCC1)N1CCCC(OCCOc2ccccc2)C1. The van der Waals surface area contributed by atoms with Crippen LogP contribution in [0.4, 0.5) is 0 Å². The first-order valence-electron chi connectivity index (χ1n) is 8.41. The summed E-state index contributed by atoms with van der Waals surface area (Å²) in [6.45, 7) is 2.78. The van der Waals surface area contributed by atoms with Gasteiger partial charge in [0, 0.05) is 19.0 Å². The summed E-state index contributed by atoms with van der Waals surface area (Å²) in [4.78, 5) is 14.3. The molecule has 0 bridgehead atoms. The molecular formula is C18H25NO3. The molecule has 22 heavy (non-hydrogen) atoms. The van der Waals surface area contributed by atoms with Crippen molar-refractivity contribution in [1.29, 1.82) is 0 Å². The highest BCUT2D eigenvalue weighted by Gasteiger charge is 2.32. The summed E-state index contributed by atoms with van der Waals surface area (Å²) in [5.41, 5.74) is 0. The molecule has 1 aromatic carbocycles. The number of piperidine rings is 1. The molecule has 1 unspecified atom stereocenters. The minimum atomic E-state index is 0.164. The molecule has 2 fully saturated rings. The number of amides is 1. The minimum Gasteiger partial charge on any atom is -0.491 e. The molecule has 1 amide bonds. The number of hydrogen-bond acceptors (Lipinski definition) is 3. The van der Waals surface area contributed by atoms with E-state index in [0.29, 0.717) is 25.0 Å². The number of rotatable bonds is 6. The largest absolute Gasteiger partial charge is 0.491 e. The fraction of sp³-hybridized carbons (Fsp3) is 0.611. The number of nitrogens with zero attached hydrogens (tertiary/aromatic N) is 1. The van der Waals surface area contributed by atoms with Crippen LogP contribution in [0.1, 0.15) is 32.1 Å². The monoisotopic (exact) mass is 303 g/mol. The lowest BCUT2D eigenvalue weighted by molar-refractivity contribution is -0.142. The Morgan fingerprint density at radius 3 is 2.64 bits per heavy atom. The fourth-order valence-electron chi connectivity index (χ4n) is 3.08. The molecule has 1 heterocycles. The summed E-state index contributed by atoms with van der Waals surface area (Å²) in [5.74, 6) is 1.51. The maximum Gasteiger partial charge on any atom is 0.225 e. The average molecular weight is 303 g/mol. The number of para-hydroxylation sites is 1. The van der Waals surface area contributed by atoms with Gasteiger partial charge in [0.25, 0.3) is 0 Å². The van der Waals surface area contributed by atoms with E-state index in [1.54, 1.807) is 0 Å². The van der Waals surface area contributed by atoms with Gasteiger partial charge in [-0.1, -0.05) is 24.6 Å². The van der Waals surface area contributed by atoms with Gasteiger partial charge in [0.15, 0.2) is 0 Å². The predicted octanol–water partition coefficient (Wildman–Crippen LogP) is 2.87. The second-order valence-electron chi connectivity index (χ2n) is 6.21. The third-order valence-corrected chi connectivity index (χ3v) is 4.59. The van der Waals surface area contributed by atoms with Gasteiger partial charge in [0.05, 0.1) is 12.7 Å². The Bertz CT molecular complexity index is 472. The highest BCUT2D eigenvalue weighted by molar-refractivity contribution is 5.79. The van der Waals surface area contributed by atoms with E-state index in [0.717, 1.165) is 44.5 Å². The van der Waals surface area contributed by atoms with Crippen LogP contribution in [0.3, 0.4) is 0 Å². The van der Waals surface area contributed by atoms with Gasteiger partial charge in [0.2, 0.25) is 5.91 Å². The van der Waals surface area contributed by atoms with Gasteiger partial charge in [0.1, 0.15) is 12.4 Å². The molecule has 1 atom stereocenters. The molecule has 0 aromatic heterocycles. The van der Waals surface area contributed by atoms with Gasteiger partial charge >= 0.3 is 0 Å². The molecule has 0 spiro atoms. The van der Waals surface area contributed by atoms with Crippen molar-refractivity contribution in [3.05, 3.63) is 30.3 Å². The molecular weight excluding hydrogens is 278 g/mol. The van der Waals surface area contributed by atoms with E-state index in [-0.39, 0.29) is 6.10 Å². The van der Waals surface area contributed by atoms with Gasteiger partial charge in [-0.3, -0.25) is 4.79 Å². The Morgan fingerprint density at radius 1 is 1.09 bits per heavy atom. The Labute approximate surface area is 132 Å². The van der Waals surface area contributed by atoms with Crippen molar-refractivity contribution in [3.63, 3.8) is 0 Å². The molecule has 2 aliphatic rings. The van der Waals surface area contributed by atoms with Crippen molar-refractivity contribution in [3.8, 4) is 5.75 Å². The van der Waals surface area contributed by atoms with Crippen LogP contribution in [0.25, 0.3) is 0 Å². The maximum atomic E-state index is 12.3. The Kier molecular flexibility index (Phi) is 5.33. The Morgan fingerprint density at radius 2 is 1.91 bits per heavy atom. The van der Waals surface area contributed by atoms with E-state index in [2.05, 4.69) is 0 Å².